The van der Waals surface area contributed by atoms with Gasteiger partial charge >= 0.3 is 0 Å². The van der Waals surface area contributed by atoms with Crippen LogP contribution in [0.5, 0.6) is 0 Å². The summed E-state index contributed by atoms with van der Waals surface area (Å²) in [6.07, 6.45) is 0. The van der Waals surface area contributed by atoms with E-state index in [1.54, 1.807) is 0 Å². The van der Waals surface area contributed by atoms with Gasteiger partial charge in [-0.15, -0.1) is 0 Å². The average Bonchev–Trinajstić information content (AvgIpc) is 3.92. The van der Waals surface area contributed by atoms with E-state index in [1.165, 1.54) is 22.3 Å². The summed E-state index contributed by atoms with van der Waals surface area (Å²) in [5, 5.41) is 6.49. The molecule has 2 heterocycles. The van der Waals surface area contributed by atoms with Crippen LogP contribution >= 0.6 is 0 Å². The van der Waals surface area contributed by atoms with Crippen molar-refractivity contribution in [3.63, 3.8) is 0 Å². The minimum Gasteiger partial charge on any atom is -0.455 e. The molecule has 3 heteroatoms. The van der Waals surface area contributed by atoms with Crippen molar-refractivity contribution in [1.29, 1.82) is 0 Å². The maximum Gasteiger partial charge on any atom is 0.159 e. The molecule has 0 saturated heterocycles. The van der Waals surface area contributed by atoms with Crippen LogP contribution in [-0.4, -0.2) is 0 Å². The Kier molecular flexibility index (Phi) is 6.98. The second-order valence-electron chi connectivity index (χ2n) is 16.0. The van der Waals surface area contributed by atoms with Crippen LogP contribution in [0, 0.1) is 0 Å². The predicted molar refractivity (Wildman–Crippen MR) is 242 cm³/mol. The van der Waals surface area contributed by atoms with Crippen LogP contribution in [0.25, 0.3) is 88.0 Å². The van der Waals surface area contributed by atoms with Gasteiger partial charge in [0.15, 0.2) is 5.58 Å². The molecule has 0 amide bonds. The summed E-state index contributed by atoms with van der Waals surface area (Å²) in [4.78, 5) is 2.42. The number of furan rings is 2. The second kappa shape index (κ2) is 12.3. The van der Waals surface area contributed by atoms with E-state index in [0.717, 1.165) is 94.0 Å². The summed E-state index contributed by atoms with van der Waals surface area (Å²) in [6, 6.07) is 67.6. The molecule has 0 aliphatic heterocycles. The van der Waals surface area contributed by atoms with Crippen molar-refractivity contribution in [2.24, 2.45) is 0 Å². The molecule has 0 bridgehead atoms. The zero-order valence-electron chi connectivity index (χ0n) is 32.2. The fourth-order valence-electron chi connectivity index (χ4n) is 9.64. The van der Waals surface area contributed by atoms with E-state index < -0.39 is 0 Å². The molecule has 0 unspecified atom stereocenters. The van der Waals surface area contributed by atoms with Gasteiger partial charge < -0.3 is 13.7 Å². The van der Waals surface area contributed by atoms with Crippen LogP contribution in [0.3, 0.4) is 0 Å². The Labute approximate surface area is 336 Å². The van der Waals surface area contributed by atoms with E-state index in [-0.39, 0.29) is 5.41 Å². The fraction of sp³-hybridized carbons (Fsp3) is 0.0545. The molecule has 2 aromatic heterocycles. The molecule has 274 valence electrons. The van der Waals surface area contributed by atoms with Crippen LogP contribution in [-0.2, 0) is 5.41 Å². The predicted octanol–water partition coefficient (Wildman–Crippen LogP) is 15.7. The largest absolute Gasteiger partial charge is 0.455 e. The first-order valence-corrected chi connectivity index (χ1v) is 20.0. The summed E-state index contributed by atoms with van der Waals surface area (Å²) < 4.78 is 13.9. The Bertz CT molecular complexity index is 3430. The van der Waals surface area contributed by atoms with E-state index in [0.29, 0.717) is 0 Å². The lowest BCUT2D eigenvalue weighted by molar-refractivity contribution is 0.660. The van der Waals surface area contributed by atoms with Gasteiger partial charge in [0.1, 0.15) is 16.7 Å². The molecule has 0 radical (unpaired) electrons. The molecule has 0 fully saturated rings. The monoisotopic (exact) mass is 743 g/mol. The number of nitrogens with zero attached hydrogens (tertiary/aromatic N) is 1. The highest BCUT2D eigenvalue weighted by molar-refractivity contribution is 6.22. The summed E-state index contributed by atoms with van der Waals surface area (Å²) in [5.74, 6) is 0. The lowest BCUT2D eigenvalue weighted by Crippen LogP contribution is -2.16. The molecule has 0 atom stereocenters. The number of para-hydroxylation sites is 2. The maximum atomic E-state index is 7.09. The first-order valence-electron chi connectivity index (χ1n) is 20.0. The number of hydrogen-bond acceptors (Lipinski definition) is 3. The molecular formula is C55H37NO2. The third-order valence-electron chi connectivity index (χ3n) is 12.4. The maximum absolute atomic E-state index is 7.09. The van der Waals surface area contributed by atoms with Crippen molar-refractivity contribution in [2.45, 2.75) is 19.3 Å². The topological polar surface area (TPSA) is 29.5 Å². The Morgan fingerprint density at radius 3 is 1.83 bits per heavy atom. The SMILES string of the molecule is CC1(C)c2ccccc2-c2ccc(N(c3cc4c5cc(-c6ccccc6)cc(-c6ccccc6)c5oc4c4ccccc34)c3cccc4c3oc3ccccc34)cc21. The van der Waals surface area contributed by atoms with Crippen LogP contribution in [0.15, 0.2) is 197 Å². The van der Waals surface area contributed by atoms with Crippen LogP contribution in [0.4, 0.5) is 17.1 Å². The number of fused-ring (bicyclic) bond motifs is 11. The average molecular weight is 744 g/mol. The Hall–Kier alpha value is -7.36. The third kappa shape index (κ3) is 4.74. The Balaban J connectivity index is 1.19. The van der Waals surface area contributed by atoms with E-state index in [1.807, 2.05) is 6.07 Å². The zero-order chi connectivity index (χ0) is 38.5. The lowest BCUT2D eigenvalue weighted by atomic mass is 9.82. The van der Waals surface area contributed by atoms with E-state index >= 15 is 0 Å². The third-order valence-corrected chi connectivity index (χ3v) is 12.4. The van der Waals surface area contributed by atoms with Gasteiger partial charge in [-0.05, 0) is 81.4 Å². The van der Waals surface area contributed by atoms with Crippen molar-refractivity contribution < 1.29 is 8.83 Å². The number of anilines is 3. The van der Waals surface area contributed by atoms with Gasteiger partial charge in [-0.2, -0.15) is 0 Å². The molecule has 0 saturated carbocycles. The van der Waals surface area contributed by atoms with Crippen molar-refractivity contribution >= 4 is 71.7 Å². The first kappa shape index (κ1) is 32.8. The van der Waals surface area contributed by atoms with Gasteiger partial charge in [-0.3, -0.25) is 0 Å². The minimum atomic E-state index is -0.173. The lowest BCUT2D eigenvalue weighted by Gasteiger charge is -2.29. The van der Waals surface area contributed by atoms with Gasteiger partial charge in [-0.25, -0.2) is 0 Å². The van der Waals surface area contributed by atoms with Crippen LogP contribution in [0.1, 0.15) is 25.0 Å². The number of hydrogen-bond donors (Lipinski definition) is 0. The van der Waals surface area contributed by atoms with E-state index in [9.17, 15) is 0 Å². The highest BCUT2D eigenvalue weighted by Crippen LogP contribution is 2.53. The van der Waals surface area contributed by atoms with Crippen molar-refractivity contribution in [3.05, 3.63) is 199 Å². The molecule has 9 aromatic carbocycles. The van der Waals surface area contributed by atoms with Gasteiger partial charge in [0, 0.05) is 49.0 Å². The Morgan fingerprint density at radius 2 is 1.00 bits per heavy atom. The summed E-state index contributed by atoms with van der Waals surface area (Å²) in [7, 11) is 0. The van der Waals surface area contributed by atoms with Gasteiger partial charge in [0.2, 0.25) is 0 Å². The quantitative estimate of drug-likeness (QED) is 0.176. The summed E-state index contributed by atoms with van der Waals surface area (Å²) >= 11 is 0. The molecule has 1 aliphatic carbocycles. The molecular weight excluding hydrogens is 707 g/mol. The zero-order valence-corrected chi connectivity index (χ0v) is 32.2. The first-order chi connectivity index (χ1) is 28.5. The fourth-order valence-corrected chi connectivity index (χ4v) is 9.64. The van der Waals surface area contributed by atoms with Crippen LogP contribution < -0.4 is 4.90 Å². The smallest absolute Gasteiger partial charge is 0.159 e. The number of rotatable bonds is 5. The summed E-state index contributed by atoms with van der Waals surface area (Å²) in [6.45, 7) is 4.69. The standard InChI is InChI=1S/C55H37NO2/c1-55(2)47-25-13-11-20-38(47)39-29-28-37(32-48(39)55)56(49-26-15-24-43-41-22-12-14-27-51(41)57-54(43)49)50-33-46-45-31-36(34-16-5-3-6-17-34)30-44(35-18-7-4-8-19-35)53(45)58-52(46)42-23-10-9-21-40(42)50/h3-33H,1-2H3. The summed E-state index contributed by atoms with van der Waals surface area (Å²) in [5.41, 5.74) is 16.2. The molecule has 0 spiro atoms. The number of benzene rings is 9. The Morgan fingerprint density at radius 1 is 0.362 bits per heavy atom. The molecule has 11 aromatic rings. The van der Waals surface area contributed by atoms with E-state index in [4.69, 9.17) is 8.83 Å². The van der Waals surface area contributed by atoms with Crippen LogP contribution in [0.2, 0.25) is 0 Å². The molecule has 12 rings (SSSR count). The van der Waals surface area contributed by atoms with Crippen molar-refractivity contribution in [3.8, 4) is 33.4 Å². The van der Waals surface area contributed by atoms with Crippen molar-refractivity contribution in [2.75, 3.05) is 4.90 Å². The van der Waals surface area contributed by atoms with Gasteiger partial charge in [0.25, 0.3) is 0 Å². The van der Waals surface area contributed by atoms with Crippen molar-refractivity contribution in [1.82, 2.24) is 0 Å². The molecule has 3 nitrogen and oxygen atoms in total. The molecule has 0 N–H and O–H groups in total. The second-order valence-corrected chi connectivity index (χ2v) is 16.0. The minimum absolute atomic E-state index is 0.173. The molecule has 58 heavy (non-hydrogen) atoms. The normalized spacial score (nSPS) is 13.1. The highest BCUT2D eigenvalue weighted by Gasteiger charge is 2.36. The van der Waals surface area contributed by atoms with E-state index in [2.05, 4.69) is 201 Å². The van der Waals surface area contributed by atoms with Gasteiger partial charge in [0.05, 0.1) is 11.4 Å². The molecule has 1 aliphatic rings. The van der Waals surface area contributed by atoms with Gasteiger partial charge in [-0.1, -0.05) is 159 Å². The highest BCUT2D eigenvalue weighted by atomic mass is 16.3.